The Labute approximate surface area is 135 Å². The third-order valence-electron chi connectivity index (χ3n) is 3.87. The zero-order chi connectivity index (χ0) is 14.1. The highest BCUT2D eigenvalue weighted by Gasteiger charge is 2.14. The minimum atomic E-state index is 0.767. The molecule has 0 aliphatic heterocycles. The molecule has 0 saturated heterocycles. The zero-order valence-electron chi connectivity index (χ0n) is 12.2. The molecule has 108 valence electrons. The summed E-state index contributed by atoms with van der Waals surface area (Å²) in [6.07, 6.45) is 7.98. The third-order valence-corrected chi connectivity index (χ3v) is 5.31. The maximum Gasteiger partial charge on any atom is 0.0175 e. The lowest BCUT2D eigenvalue weighted by molar-refractivity contribution is 0.355. The summed E-state index contributed by atoms with van der Waals surface area (Å²) < 4.78 is 1.17. The number of hydrogen-bond donors (Lipinski definition) is 0. The molecule has 0 radical (unpaired) electrons. The minimum absolute atomic E-state index is 0.767. The third kappa shape index (κ3) is 6.94. The number of halogens is 2. The summed E-state index contributed by atoms with van der Waals surface area (Å²) in [6, 6.07) is 8.78. The number of alkyl halides is 1. The molecule has 0 nitrogen and oxygen atoms in total. The molecule has 1 aromatic rings. The molecule has 2 heteroatoms. The van der Waals surface area contributed by atoms with Crippen LogP contribution in [0.2, 0.25) is 0 Å². The normalized spacial score (nSPS) is 14.3. The molecule has 2 atom stereocenters. The number of rotatable bonds is 9. The first-order valence-electron chi connectivity index (χ1n) is 7.49. The summed E-state index contributed by atoms with van der Waals surface area (Å²) in [5.74, 6) is 1.67. The van der Waals surface area contributed by atoms with Crippen molar-refractivity contribution in [3.8, 4) is 0 Å². The Hall–Kier alpha value is 0.180. The van der Waals surface area contributed by atoms with Crippen LogP contribution in [0.1, 0.15) is 51.5 Å². The van der Waals surface area contributed by atoms with Crippen molar-refractivity contribution in [3.05, 3.63) is 34.3 Å². The van der Waals surface area contributed by atoms with Gasteiger partial charge >= 0.3 is 0 Å². The first-order valence-corrected chi connectivity index (χ1v) is 9.41. The second-order valence-corrected chi connectivity index (χ2v) is 7.07. The predicted octanol–water partition coefficient (Wildman–Crippen LogP) is 6.61. The fraction of sp³-hybridized carbons (Fsp3) is 0.647. The van der Waals surface area contributed by atoms with E-state index >= 15 is 0 Å². The van der Waals surface area contributed by atoms with E-state index in [0.29, 0.717) is 0 Å². The molecule has 0 aromatic heterocycles. The molecule has 0 spiro atoms. The lowest BCUT2D eigenvalue weighted by Gasteiger charge is -2.21. The maximum absolute atomic E-state index is 3.70. The van der Waals surface area contributed by atoms with Crippen molar-refractivity contribution in [1.29, 1.82) is 0 Å². The van der Waals surface area contributed by atoms with Gasteiger partial charge in [0.15, 0.2) is 0 Å². The topological polar surface area (TPSA) is 0 Å². The van der Waals surface area contributed by atoms with E-state index in [1.807, 2.05) is 0 Å². The molecule has 1 rings (SSSR count). The highest BCUT2D eigenvalue weighted by molar-refractivity contribution is 9.10. The number of benzene rings is 1. The van der Waals surface area contributed by atoms with E-state index < -0.39 is 0 Å². The van der Waals surface area contributed by atoms with Crippen molar-refractivity contribution < 1.29 is 0 Å². The summed E-state index contributed by atoms with van der Waals surface area (Å²) >= 11 is 7.20. The summed E-state index contributed by atoms with van der Waals surface area (Å²) in [7, 11) is 0. The Morgan fingerprint density at radius 3 is 2.26 bits per heavy atom. The fourth-order valence-corrected chi connectivity index (χ4v) is 3.37. The first kappa shape index (κ1) is 17.2. The van der Waals surface area contributed by atoms with E-state index in [4.69, 9.17) is 0 Å². The van der Waals surface area contributed by atoms with Crippen molar-refractivity contribution in [3.63, 3.8) is 0 Å². The molecule has 0 saturated carbocycles. The van der Waals surface area contributed by atoms with Gasteiger partial charge in [-0.2, -0.15) is 0 Å². The highest BCUT2D eigenvalue weighted by atomic mass is 79.9. The van der Waals surface area contributed by atoms with Gasteiger partial charge in [0.25, 0.3) is 0 Å². The summed E-state index contributed by atoms with van der Waals surface area (Å²) in [6.45, 7) is 4.63. The van der Waals surface area contributed by atoms with Crippen LogP contribution in [0.3, 0.4) is 0 Å². The number of unbranched alkanes of at least 4 members (excludes halogenated alkanes) is 1. The molecule has 0 fully saturated rings. The highest BCUT2D eigenvalue weighted by Crippen LogP contribution is 2.25. The van der Waals surface area contributed by atoms with Crippen LogP contribution in [0.25, 0.3) is 0 Å². The van der Waals surface area contributed by atoms with Gasteiger partial charge in [0.05, 0.1) is 0 Å². The second kappa shape index (κ2) is 9.99. The van der Waals surface area contributed by atoms with E-state index in [1.165, 1.54) is 48.6 Å². The van der Waals surface area contributed by atoms with Crippen molar-refractivity contribution in [2.45, 2.75) is 52.4 Å². The van der Waals surface area contributed by atoms with Crippen LogP contribution >= 0.6 is 31.9 Å². The van der Waals surface area contributed by atoms with E-state index in [-0.39, 0.29) is 0 Å². The van der Waals surface area contributed by atoms with Crippen molar-refractivity contribution in [2.24, 2.45) is 11.8 Å². The molecule has 0 N–H and O–H groups in total. The average Bonchev–Trinajstić information content (AvgIpc) is 2.44. The Morgan fingerprint density at radius 1 is 1.05 bits per heavy atom. The Kier molecular flexibility index (Phi) is 9.06. The molecule has 0 bridgehead atoms. The Balaban J connectivity index is 2.49. The lowest BCUT2D eigenvalue weighted by atomic mass is 9.86. The Morgan fingerprint density at radius 2 is 1.74 bits per heavy atom. The van der Waals surface area contributed by atoms with Gasteiger partial charge in [0, 0.05) is 9.80 Å². The maximum atomic E-state index is 3.70. The summed E-state index contributed by atoms with van der Waals surface area (Å²) in [5.41, 5.74) is 1.46. The molecule has 19 heavy (non-hydrogen) atoms. The van der Waals surface area contributed by atoms with Crippen molar-refractivity contribution in [1.82, 2.24) is 0 Å². The van der Waals surface area contributed by atoms with E-state index in [1.54, 1.807) is 0 Å². The quantitative estimate of drug-likeness (QED) is 0.416. The lowest BCUT2D eigenvalue weighted by Crippen LogP contribution is -2.12. The van der Waals surface area contributed by atoms with Gasteiger partial charge in [-0.3, -0.25) is 0 Å². The van der Waals surface area contributed by atoms with Crippen LogP contribution in [0.15, 0.2) is 28.7 Å². The van der Waals surface area contributed by atoms with Crippen LogP contribution in [-0.2, 0) is 6.42 Å². The largest absolute Gasteiger partial charge is 0.0925 e. The monoisotopic (exact) mass is 388 g/mol. The van der Waals surface area contributed by atoms with Crippen LogP contribution in [0.4, 0.5) is 0 Å². The van der Waals surface area contributed by atoms with Gasteiger partial charge in [0.2, 0.25) is 0 Å². The van der Waals surface area contributed by atoms with Gasteiger partial charge in [-0.25, -0.2) is 0 Å². The SMILES string of the molecule is CCCCC(CC)CC(CBr)Cc1ccc(Br)cc1. The minimum Gasteiger partial charge on any atom is -0.0925 e. The summed E-state index contributed by atoms with van der Waals surface area (Å²) in [4.78, 5) is 0. The van der Waals surface area contributed by atoms with Crippen LogP contribution < -0.4 is 0 Å². The standard InChI is InChI=1S/C17H26Br2/c1-3-5-6-14(4-2)11-16(13-18)12-15-7-9-17(19)10-8-15/h7-10,14,16H,3-6,11-13H2,1-2H3. The van der Waals surface area contributed by atoms with E-state index in [0.717, 1.165) is 17.2 Å². The zero-order valence-corrected chi connectivity index (χ0v) is 15.3. The molecular formula is C17H26Br2. The van der Waals surface area contributed by atoms with Crippen LogP contribution in [0, 0.1) is 11.8 Å². The Bertz CT molecular complexity index is 332. The molecule has 2 unspecified atom stereocenters. The van der Waals surface area contributed by atoms with Crippen LogP contribution in [-0.4, -0.2) is 5.33 Å². The fourth-order valence-electron chi connectivity index (χ4n) is 2.61. The molecule has 0 aliphatic rings. The van der Waals surface area contributed by atoms with Gasteiger partial charge < -0.3 is 0 Å². The van der Waals surface area contributed by atoms with Crippen molar-refractivity contribution >= 4 is 31.9 Å². The van der Waals surface area contributed by atoms with Gasteiger partial charge in [-0.1, -0.05) is 83.5 Å². The van der Waals surface area contributed by atoms with E-state index in [9.17, 15) is 0 Å². The molecule has 0 aliphatic carbocycles. The van der Waals surface area contributed by atoms with Gasteiger partial charge in [-0.15, -0.1) is 0 Å². The smallest absolute Gasteiger partial charge is 0.0175 e. The van der Waals surface area contributed by atoms with Crippen molar-refractivity contribution in [2.75, 3.05) is 5.33 Å². The second-order valence-electron chi connectivity index (χ2n) is 5.50. The molecular weight excluding hydrogens is 364 g/mol. The molecule has 1 aromatic carbocycles. The predicted molar refractivity (Wildman–Crippen MR) is 93.1 cm³/mol. The molecule has 0 heterocycles. The molecule has 0 amide bonds. The number of hydrogen-bond acceptors (Lipinski definition) is 0. The van der Waals surface area contributed by atoms with Gasteiger partial charge in [0.1, 0.15) is 0 Å². The average molecular weight is 390 g/mol. The van der Waals surface area contributed by atoms with Gasteiger partial charge in [-0.05, 0) is 42.4 Å². The van der Waals surface area contributed by atoms with Crippen LogP contribution in [0.5, 0.6) is 0 Å². The first-order chi connectivity index (χ1) is 9.19. The summed E-state index contributed by atoms with van der Waals surface area (Å²) in [5, 5.41) is 1.12. The van der Waals surface area contributed by atoms with E-state index in [2.05, 4.69) is 70.0 Å².